The Morgan fingerprint density at radius 1 is 1.23 bits per heavy atom. The van der Waals surface area contributed by atoms with Crippen LogP contribution in [-0.2, 0) is 17.6 Å². The molecule has 0 spiro atoms. The van der Waals surface area contributed by atoms with Crippen molar-refractivity contribution in [2.45, 2.75) is 44.6 Å². The van der Waals surface area contributed by atoms with Gasteiger partial charge in [0.2, 0.25) is 0 Å². The smallest absolute Gasteiger partial charge is 0.409 e. The minimum atomic E-state index is -0.275. The molecule has 1 atom stereocenters. The van der Waals surface area contributed by atoms with Crippen LogP contribution in [0.3, 0.4) is 0 Å². The number of thiophene rings is 1. The summed E-state index contributed by atoms with van der Waals surface area (Å²) in [6.07, 6.45) is 11.2. The predicted molar refractivity (Wildman–Crippen MR) is 116 cm³/mol. The van der Waals surface area contributed by atoms with Gasteiger partial charge in [-0.25, -0.2) is 19.7 Å². The molecule has 1 amide bonds. The van der Waals surface area contributed by atoms with Gasteiger partial charge in [-0.15, -0.1) is 11.3 Å². The molecule has 1 aliphatic carbocycles. The van der Waals surface area contributed by atoms with Crippen LogP contribution >= 0.6 is 11.3 Å². The average molecular weight is 425 g/mol. The number of nitrogens with one attached hydrogen (secondary N) is 1. The second-order valence-electron chi connectivity index (χ2n) is 7.78. The van der Waals surface area contributed by atoms with Gasteiger partial charge in [-0.2, -0.15) is 0 Å². The number of rotatable bonds is 3. The van der Waals surface area contributed by atoms with Gasteiger partial charge in [-0.1, -0.05) is 0 Å². The Balaban J connectivity index is 1.55. The SMILES string of the molecule is COC(=O)N1CCCC(Nc2nc(-c3cnccn3)nc3sc4c(c23)CCCC4)C1. The molecule has 1 aliphatic heterocycles. The lowest BCUT2D eigenvalue weighted by Gasteiger charge is -2.32. The highest BCUT2D eigenvalue weighted by Gasteiger charge is 2.27. The maximum absolute atomic E-state index is 12.0. The minimum Gasteiger partial charge on any atom is -0.453 e. The molecule has 3 aromatic rings. The Kier molecular flexibility index (Phi) is 5.20. The highest BCUT2D eigenvalue weighted by atomic mass is 32.1. The quantitative estimate of drug-likeness (QED) is 0.686. The molecule has 1 fully saturated rings. The average Bonchev–Trinajstić information content (AvgIpc) is 3.18. The van der Waals surface area contributed by atoms with Crippen LogP contribution in [0.4, 0.5) is 10.6 Å². The van der Waals surface area contributed by atoms with Crippen molar-refractivity contribution in [2.24, 2.45) is 0 Å². The molecule has 0 bridgehead atoms. The lowest BCUT2D eigenvalue weighted by molar-refractivity contribution is 0.113. The number of amides is 1. The van der Waals surface area contributed by atoms with Crippen molar-refractivity contribution in [1.29, 1.82) is 0 Å². The van der Waals surface area contributed by atoms with Crippen molar-refractivity contribution in [1.82, 2.24) is 24.8 Å². The first-order chi connectivity index (χ1) is 14.7. The minimum absolute atomic E-state index is 0.116. The van der Waals surface area contributed by atoms with Crippen molar-refractivity contribution < 1.29 is 9.53 Å². The monoisotopic (exact) mass is 424 g/mol. The number of hydrogen-bond donors (Lipinski definition) is 1. The van der Waals surface area contributed by atoms with Crippen molar-refractivity contribution in [3.05, 3.63) is 29.0 Å². The number of aryl methyl sites for hydroxylation is 2. The lowest BCUT2D eigenvalue weighted by atomic mass is 9.96. The molecule has 0 aromatic carbocycles. The summed E-state index contributed by atoms with van der Waals surface area (Å²) in [5.41, 5.74) is 2.05. The van der Waals surface area contributed by atoms with E-state index in [2.05, 4.69) is 15.3 Å². The predicted octanol–water partition coefficient (Wildman–Crippen LogP) is 3.67. The molecular formula is C21H24N6O2S. The number of aromatic nitrogens is 4. The number of likely N-dealkylation sites (tertiary alicyclic amines) is 1. The van der Waals surface area contributed by atoms with Crippen LogP contribution in [0.25, 0.3) is 21.7 Å². The molecule has 8 nitrogen and oxygen atoms in total. The largest absolute Gasteiger partial charge is 0.453 e. The Bertz CT molecular complexity index is 1070. The van der Waals surface area contributed by atoms with Crippen LogP contribution in [0.15, 0.2) is 18.6 Å². The van der Waals surface area contributed by atoms with Gasteiger partial charge < -0.3 is 15.0 Å². The van der Waals surface area contributed by atoms with Crippen molar-refractivity contribution in [3.63, 3.8) is 0 Å². The third kappa shape index (κ3) is 3.58. The standard InChI is InChI=1S/C21H24N6O2S/c1-29-21(28)27-10-4-5-13(12-27)24-19-17-14-6-2-3-7-16(14)30-20(17)26-18(25-19)15-11-22-8-9-23-15/h8-9,11,13H,2-7,10,12H2,1H3,(H,24,25,26). The number of carbonyl (C=O) groups excluding carboxylic acids is 1. The summed E-state index contributed by atoms with van der Waals surface area (Å²) in [5.74, 6) is 1.43. The van der Waals surface area contributed by atoms with Gasteiger partial charge in [0.1, 0.15) is 16.3 Å². The van der Waals surface area contributed by atoms with Gasteiger partial charge in [-0.05, 0) is 44.1 Å². The first-order valence-corrected chi connectivity index (χ1v) is 11.2. The second kappa shape index (κ2) is 8.14. The maximum atomic E-state index is 12.0. The molecule has 1 saturated heterocycles. The Hall–Kier alpha value is -2.81. The third-order valence-corrected chi connectivity index (χ3v) is 6.99. The van der Waals surface area contributed by atoms with Crippen LogP contribution in [0.2, 0.25) is 0 Å². The summed E-state index contributed by atoms with van der Waals surface area (Å²) in [7, 11) is 1.43. The van der Waals surface area contributed by atoms with Crippen LogP contribution < -0.4 is 5.32 Å². The molecule has 4 heterocycles. The molecule has 156 valence electrons. The van der Waals surface area contributed by atoms with Gasteiger partial charge in [0.25, 0.3) is 0 Å². The zero-order valence-corrected chi connectivity index (χ0v) is 17.7. The molecule has 9 heteroatoms. The van der Waals surface area contributed by atoms with Crippen LogP contribution in [0, 0.1) is 0 Å². The molecule has 5 rings (SSSR count). The van der Waals surface area contributed by atoms with Gasteiger partial charge in [-0.3, -0.25) is 4.98 Å². The topological polar surface area (TPSA) is 93.1 Å². The number of fused-ring (bicyclic) bond motifs is 3. The van der Waals surface area contributed by atoms with Crippen LogP contribution in [-0.4, -0.2) is 57.2 Å². The van der Waals surface area contributed by atoms with Crippen molar-refractivity contribution in [3.8, 4) is 11.5 Å². The molecule has 30 heavy (non-hydrogen) atoms. The van der Waals surface area contributed by atoms with Crippen LogP contribution in [0.1, 0.15) is 36.1 Å². The van der Waals surface area contributed by atoms with E-state index in [-0.39, 0.29) is 12.1 Å². The van der Waals surface area contributed by atoms with E-state index in [1.165, 1.54) is 30.4 Å². The number of carbonyl (C=O) groups is 1. The van der Waals surface area contributed by atoms with Gasteiger partial charge in [0.15, 0.2) is 5.82 Å². The van der Waals surface area contributed by atoms with E-state index < -0.39 is 0 Å². The number of ether oxygens (including phenoxy) is 1. The second-order valence-corrected chi connectivity index (χ2v) is 8.86. The highest BCUT2D eigenvalue weighted by Crippen LogP contribution is 2.39. The molecular weight excluding hydrogens is 400 g/mol. The van der Waals surface area contributed by atoms with Crippen molar-refractivity contribution in [2.75, 3.05) is 25.5 Å². The summed E-state index contributed by atoms with van der Waals surface area (Å²) in [4.78, 5) is 34.5. The number of piperidine rings is 1. The molecule has 0 radical (unpaired) electrons. The number of nitrogens with zero attached hydrogens (tertiary/aromatic N) is 5. The van der Waals surface area contributed by atoms with Gasteiger partial charge in [0, 0.05) is 36.4 Å². The molecule has 3 aromatic heterocycles. The van der Waals surface area contributed by atoms with Gasteiger partial charge in [0.05, 0.1) is 18.7 Å². The molecule has 2 aliphatic rings. The van der Waals surface area contributed by atoms with E-state index in [9.17, 15) is 4.79 Å². The lowest BCUT2D eigenvalue weighted by Crippen LogP contribution is -2.45. The normalized spacial score (nSPS) is 18.8. The number of hydrogen-bond acceptors (Lipinski definition) is 8. The van der Waals surface area contributed by atoms with Gasteiger partial charge >= 0.3 is 6.09 Å². The van der Waals surface area contributed by atoms with E-state index in [0.29, 0.717) is 18.1 Å². The fraction of sp³-hybridized carbons (Fsp3) is 0.476. The molecule has 1 unspecified atom stereocenters. The fourth-order valence-corrected chi connectivity index (χ4v) is 5.64. The fourth-order valence-electron chi connectivity index (χ4n) is 4.37. The number of anilines is 1. The summed E-state index contributed by atoms with van der Waals surface area (Å²) < 4.78 is 4.92. The van der Waals surface area contributed by atoms with Crippen LogP contribution in [0.5, 0.6) is 0 Å². The summed E-state index contributed by atoms with van der Waals surface area (Å²) in [6, 6.07) is 0.116. The molecule has 1 N–H and O–H groups in total. The third-order valence-electron chi connectivity index (χ3n) is 5.80. The molecule has 0 saturated carbocycles. The maximum Gasteiger partial charge on any atom is 0.409 e. The first kappa shape index (κ1) is 19.2. The number of methoxy groups -OCH3 is 1. The summed E-state index contributed by atoms with van der Waals surface area (Å²) >= 11 is 1.77. The van der Waals surface area contributed by atoms with E-state index in [0.717, 1.165) is 48.3 Å². The zero-order chi connectivity index (χ0) is 20.5. The van der Waals surface area contributed by atoms with Crippen molar-refractivity contribution >= 4 is 33.5 Å². The van der Waals surface area contributed by atoms with E-state index >= 15 is 0 Å². The Morgan fingerprint density at radius 3 is 2.97 bits per heavy atom. The zero-order valence-electron chi connectivity index (χ0n) is 16.9. The van der Waals surface area contributed by atoms with E-state index in [4.69, 9.17) is 14.7 Å². The highest BCUT2D eigenvalue weighted by molar-refractivity contribution is 7.19. The van der Waals surface area contributed by atoms with E-state index in [1.54, 1.807) is 34.8 Å². The Morgan fingerprint density at radius 2 is 2.13 bits per heavy atom. The summed E-state index contributed by atoms with van der Waals surface area (Å²) in [5, 5.41) is 4.77. The van der Waals surface area contributed by atoms with E-state index in [1.807, 2.05) is 0 Å². The first-order valence-electron chi connectivity index (χ1n) is 10.4. The Labute approximate surface area is 178 Å². The summed E-state index contributed by atoms with van der Waals surface area (Å²) in [6.45, 7) is 1.33.